The Morgan fingerprint density at radius 1 is 0.750 bits per heavy atom. The first-order chi connectivity index (χ1) is 20.9. The Morgan fingerprint density at radius 2 is 1.23 bits per heavy atom. The number of nitrogens with zero attached hydrogens (tertiary/aromatic N) is 2. The number of halogens is 1. The van der Waals surface area contributed by atoms with E-state index in [1.165, 1.54) is 33.0 Å². The summed E-state index contributed by atoms with van der Waals surface area (Å²) in [5.41, 5.74) is 2.65. The number of fused-ring (bicyclic) bond motifs is 2. The number of hydrogen-bond donors (Lipinski definition) is 2. The number of carbonyl (C=O) groups is 4. The summed E-state index contributed by atoms with van der Waals surface area (Å²) < 4.78 is 38.0. The molecule has 2 amide bonds. The molecule has 2 aliphatic heterocycles. The summed E-state index contributed by atoms with van der Waals surface area (Å²) in [4.78, 5) is 50.4. The van der Waals surface area contributed by atoms with Gasteiger partial charge in [0.15, 0.2) is 28.8 Å². The largest absolute Gasteiger partial charge is 0.493 e. The highest BCUT2D eigenvalue weighted by atomic mass is 19.1. The summed E-state index contributed by atoms with van der Waals surface area (Å²) >= 11 is 0. The molecule has 2 unspecified atom stereocenters. The predicted molar refractivity (Wildman–Crippen MR) is 153 cm³/mol. The molecule has 238 valence electrons. The molecule has 0 aliphatic carbocycles. The van der Waals surface area contributed by atoms with Crippen molar-refractivity contribution in [1.29, 1.82) is 0 Å². The van der Waals surface area contributed by atoms with Crippen LogP contribution in [0.15, 0.2) is 18.2 Å². The van der Waals surface area contributed by atoms with E-state index < -0.39 is 29.6 Å². The van der Waals surface area contributed by atoms with Crippen molar-refractivity contribution < 1.29 is 52.7 Å². The van der Waals surface area contributed by atoms with Crippen LogP contribution in [0.4, 0.5) is 4.39 Å². The van der Waals surface area contributed by atoms with Crippen molar-refractivity contribution >= 4 is 23.8 Å². The van der Waals surface area contributed by atoms with Gasteiger partial charge < -0.3 is 39.0 Å². The van der Waals surface area contributed by atoms with Gasteiger partial charge in [-0.3, -0.25) is 19.2 Å². The van der Waals surface area contributed by atoms with E-state index in [2.05, 4.69) is 0 Å². The maximum atomic E-state index is 15.5. The molecule has 0 bridgehead atoms. The van der Waals surface area contributed by atoms with Crippen molar-refractivity contribution in [2.24, 2.45) is 11.8 Å². The fourth-order valence-corrected chi connectivity index (χ4v) is 5.15. The molecule has 0 saturated carbocycles. The maximum Gasteiger partial charge on any atom is 0.306 e. The van der Waals surface area contributed by atoms with Crippen LogP contribution in [0.5, 0.6) is 23.0 Å². The Hall–Kier alpha value is -4.55. The van der Waals surface area contributed by atoms with Crippen LogP contribution in [-0.4, -0.2) is 71.2 Å². The Kier molecular flexibility index (Phi) is 10.2. The molecule has 0 aromatic heterocycles. The van der Waals surface area contributed by atoms with E-state index in [0.29, 0.717) is 42.1 Å². The van der Waals surface area contributed by atoms with Crippen LogP contribution in [0.25, 0.3) is 0 Å². The lowest BCUT2D eigenvalue weighted by Gasteiger charge is -2.16. The van der Waals surface area contributed by atoms with E-state index in [1.54, 1.807) is 23.1 Å². The zero-order chi connectivity index (χ0) is 32.1. The maximum absolute atomic E-state index is 15.5. The van der Waals surface area contributed by atoms with Gasteiger partial charge in [-0.05, 0) is 34.9 Å². The van der Waals surface area contributed by atoms with Gasteiger partial charge in [0, 0.05) is 51.0 Å². The third-order valence-electron chi connectivity index (χ3n) is 7.82. The minimum Gasteiger partial charge on any atom is -0.493 e. The number of carbonyl (C=O) groups excluding carboxylic acids is 2. The normalized spacial score (nSPS) is 14.8. The van der Waals surface area contributed by atoms with E-state index in [-0.39, 0.29) is 62.5 Å². The quantitative estimate of drug-likeness (QED) is 0.301. The van der Waals surface area contributed by atoms with Gasteiger partial charge in [-0.15, -0.1) is 0 Å². The van der Waals surface area contributed by atoms with Crippen molar-refractivity contribution in [2.45, 2.75) is 59.3 Å². The number of carboxylic acids is 2. The molecule has 2 aromatic carbocycles. The fourth-order valence-electron chi connectivity index (χ4n) is 5.15. The molecule has 2 aliphatic rings. The number of ether oxygens (including phenoxy) is 4. The third-order valence-corrected chi connectivity index (χ3v) is 7.82. The van der Waals surface area contributed by atoms with Gasteiger partial charge in [-0.1, -0.05) is 13.8 Å². The second-order valence-electron chi connectivity index (χ2n) is 11.1. The Bertz CT molecular complexity index is 1450. The summed E-state index contributed by atoms with van der Waals surface area (Å²) in [6.07, 6.45) is 0.125. The molecule has 2 atom stereocenters. The highest BCUT2D eigenvalue weighted by Crippen LogP contribution is 2.39. The fraction of sp³-hybridized carbons (Fsp3) is 0.484. The van der Waals surface area contributed by atoms with Crippen LogP contribution in [0.2, 0.25) is 0 Å². The topological polar surface area (TPSA) is 152 Å². The summed E-state index contributed by atoms with van der Waals surface area (Å²) in [6, 6.07) is 5.23. The summed E-state index contributed by atoms with van der Waals surface area (Å²) in [7, 11) is 2.90. The van der Waals surface area contributed by atoms with Crippen LogP contribution in [0.3, 0.4) is 0 Å². The second kappa shape index (κ2) is 13.8. The van der Waals surface area contributed by atoms with Gasteiger partial charge in [0.2, 0.25) is 11.8 Å². The van der Waals surface area contributed by atoms with E-state index in [9.17, 15) is 19.2 Å². The summed E-state index contributed by atoms with van der Waals surface area (Å²) in [5.74, 6) is -3.87. The summed E-state index contributed by atoms with van der Waals surface area (Å²) in [5, 5.41) is 18.2. The summed E-state index contributed by atoms with van der Waals surface area (Å²) in [6.45, 7) is 4.12. The van der Waals surface area contributed by atoms with Gasteiger partial charge in [0.25, 0.3) is 0 Å². The molecule has 13 heteroatoms. The van der Waals surface area contributed by atoms with Crippen LogP contribution < -0.4 is 18.9 Å². The number of benzene rings is 2. The van der Waals surface area contributed by atoms with E-state index in [1.807, 2.05) is 0 Å². The molecule has 12 nitrogen and oxygen atoms in total. The molecular weight excluding hydrogens is 579 g/mol. The number of carboxylic acid groups (broad SMARTS) is 2. The molecule has 2 heterocycles. The highest BCUT2D eigenvalue weighted by Gasteiger charge is 2.32. The molecule has 0 fully saturated rings. The molecular formula is C31H37FN2O10. The SMILES string of the molecule is COc1cc2c(cc1OCCCOc1c(OC)cc3c(c1F)CN(C(=O)CC(C)C(=O)O)C3)CN(C(=O)CC(C)C(=O)O)C2. The number of methoxy groups -OCH3 is 2. The Balaban J connectivity index is 1.33. The number of amides is 2. The van der Waals surface area contributed by atoms with Crippen molar-refractivity contribution in [1.82, 2.24) is 9.80 Å². The van der Waals surface area contributed by atoms with Gasteiger partial charge in [-0.25, -0.2) is 4.39 Å². The first-order valence-corrected chi connectivity index (χ1v) is 14.3. The van der Waals surface area contributed by atoms with Crippen LogP contribution in [0, 0.1) is 17.7 Å². The van der Waals surface area contributed by atoms with Crippen molar-refractivity contribution in [3.8, 4) is 23.0 Å². The standard InChI is InChI=1S/C31H37FN2O10/c1-17(30(37)38)8-26(35)33-13-19-10-23(41-3)24(11-20(19)14-33)43-6-5-7-44-29-25(42-4)12-21-15-34(16-22(21)28(29)32)27(36)9-18(2)31(39)40/h10-12,17-18H,5-9,13-16H2,1-4H3,(H,37,38)(H,39,40). The lowest BCUT2D eigenvalue weighted by molar-refractivity contribution is -0.145. The predicted octanol–water partition coefficient (Wildman–Crippen LogP) is 3.60. The zero-order valence-electron chi connectivity index (χ0n) is 25.2. The van der Waals surface area contributed by atoms with E-state index in [4.69, 9.17) is 29.2 Å². The molecule has 4 rings (SSSR count). The Labute approximate surface area is 254 Å². The van der Waals surface area contributed by atoms with Gasteiger partial charge in [0.05, 0.1) is 39.3 Å². The highest BCUT2D eigenvalue weighted by molar-refractivity contribution is 5.83. The average Bonchev–Trinajstić information content (AvgIpc) is 3.61. The molecule has 2 N–H and O–H groups in total. The van der Waals surface area contributed by atoms with Gasteiger partial charge in [-0.2, -0.15) is 0 Å². The van der Waals surface area contributed by atoms with Crippen LogP contribution in [-0.2, 0) is 45.4 Å². The minimum atomic E-state index is -1.07. The lowest BCUT2D eigenvalue weighted by Crippen LogP contribution is -2.28. The average molecular weight is 617 g/mol. The minimum absolute atomic E-state index is 0.00946. The number of rotatable bonds is 14. The van der Waals surface area contributed by atoms with E-state index in [0.717, 1.165) is 11.1 Å². The lowest BCUT2D eigenvalue weighted by atomic mass is 10.1. The van der Waals surface area contributed by atoms with Crippen molar-refractivity contribution in [2.75, 3.05) is 27.4 Å². The molecule has 0 radical (unpaired) electrons. The van der Waals surface area contributed by atoms with Crippen LogP contribution >= 0.6 is 0 Å². The van der Waals surface area contributed by atoms with Crippen LogP contribution in [0.1, 0.15) is 55.4 Å². The molecule has 0 spiro atoms. The first kappa shape index (κ1) is 32.4. The molecule has 44 heavy (non-hydrogen) atoms. The number of hydrogen-bond acceptors (Lipinski definition) is 8. The molecule has 2 aromatic rings. The first-order valence-electron chi connectivity index (χ1n) is 14.3. The zero-order valence-corrected chi connectivity index (χ0v) is 25.2. The molecule has 0 saturated heterocycles. The van der Waals surface area contributed by atoms with Crippen molar-refractivity contribution in [3.63, 3.8) is 0 Å². The van der Waals surface area contributed by atoms with Crippen molar-refractivity contribution in [3.05, 3.63) is 46.3 Å². The smallest absolute Gasteiger partial charge is 0.306 e. The van der Waals surface area contributed by atoms with Gasteiger partial charge >= 0.3 is 11.9 Å². The van der Waals surface area contributed by atoms with E-state index >= 15 is 4.39 Å². The second-order valence-corrected chi connectivity index (χ2v) is 11.1. The van der Waals surface area contributed by atoms with Gasteiger partial charge in [0.1, 0.15) is 0 Å². The monoisotopic (exact) mass is 616 g/mol. The Morgan fingerprint density at radius 3 is 1.77 bits per heavy atom. The number of aliphatic carboxylic acids is 2. The third kappa shape index (κ3) is 7.14.